The zero-order chi connectivity index (χ0) is 22.5. The van der Waals surface area contributed by atoms with Crippen LogP contribution in [0.3, 0.4) is 0 Å². The van der Waals surface area contributed by atoms with E-state index < -0.39 is 0 Å². The van der Waals surface area contributed by atoms with Gasteiger partial charge in [0.05, 0.1) is 19.3 Å². The van der Waals surface area contributed by atoms with E-state index >= 15 is 0 Å². The van der Waals surface area contributed by atoms with Crippen LogP contribution in [0, 0.1) is 13.8 Å². The fourth-order valence-electron chi connectivity index (χ4n) is 4.51. The minimum atomic E-state index is 0.213. The first-order chi connectivity index (χ1) is 15.5. The number of piperazine rings is 1. The summed E-state index contributed by atoms with van der Waals surface area (Å²) in [5.74, 6) is 2.64. The molecule has 2 aromatic rings. The molecule has 0 aliphatic carbocycles. The summed E-state index contributed by atoms with van der Waals surface area (Å²) in [5.41, 5.74) is 2.49. The van der Waals surface area contributed by atoms with Gasteiger partial charge in [-0.15, -0.1) is 10.2 Å². The predicted octanol–water partition coefficient (Wildman–Crippen LogP) is 2.81. The quantitative estimate of drug-likeness (QED) is 0.590. The molecule has 0 radical (unpaired) electrons. The summed E-state index contributed by atoms with van der Waals surface area (Å²) in [6.45, 7) is 13.1. The molecule has 8 nitrogen and oxygen atoms in total. The molecule has 0 N–H and O–H groups in total. The van der Waals surface area contributed by atoms with E-state index in [1.807, 2.05) is 6.07 Å². The lowest BCUT2D eigenvalue weighted by Gasteiger charge is -2.40. The van der Waals surface area contributed by atoms with Crippen LogP contribution in [0.4, 0.5) is 5.95 Å². The molecule has 32 heavy (non-hydrogen) atoms. The van der Waals surface area contributed by atoms with Crippen molar-refractivity contribution < 1.29 is 14.2 Å². The minimum Gasteiger partial charge on any atom is -0.486 e. The van der Waals surface area contributed by atoms with Gasteiger partial charge in [0.25, 0.3) is 0 Å². The molecule has 4 rings (SSSR count). The maximum absolute atomic E-state index is 6.11. The molecule has 2 saturated heterocycles. The van der Waals surface area contributed by atoms with E-state index in [0.29, 0.717) is 12.6 Å². The summed E-state index contributed by atoms with van der Waals surface area (Å²) in [7, 11) is 1.76. The molecule has 8 heteroatoms. The number of hydrogen-bond acceptors (Lipinski definition) is 7. The largest absolute Gasteiger partial charge is 0.486 e. The second-order valence-electron chi connectivity index (χ2n) is 9.02. The molecule has 3 heterocycles. The summed E-state index contributed by atoms with van der Waals surface area (Å²) in [4.78, 5) is 4.83. The smallest absolute Gasteiger partial charge is 0.227 e. The Morgan fingerprint density at radius 1 is 1.16 bits per heavy atom. The summed E-state index contributed by atoms with van der Waals surface area (Å²) >= 11 is 0. The van der Waals surface area contributed by atoms with E-state index in [-0.39, 0.29) is 6.10 Å². The zero-order valence-electron chi connectivity index (χ0n) is 19.9. The SMILES string of the molecule is COCCN1CCN(c2nnc(COc3ccc(C)c(C)c3)n2C[C@H]2CCCO2)C[C@@H]1C. The van der Waals surface area contributed by atoms with E-state index in [9.17, 15) is 0 Å². The molecule has 1 aromatic heterocycles. The molecule has 0 spiro atoms. The molecular weight excluding hydrogens is 406 g/mol. The van der Waals surface area contributed by atoms with Gasteiger partial charge in [0.2, 0.25) is 5.95 Å². The number of rotatable bonds is 9. The van der Waals surface area contributed by atoms with Crippen molar-refractivity contribution in [1.29, 1.82) is 0 Å². The molecule has 2 fully saturated rings. The van der Waals surface area contributed by atoms with Gasteiger partial charge in [0.1, 0.15) is 12.4 Å². The third kappa shape index (κ3) is 5.42. The average molecular weight is 444 g/mol. The number of aromatic nitrogens is 3. The maximum atomic E-state index is 6.11. The van der Waals surface area contributed by atoms with E-state index in [2.05, 4.69) is 57.5 Å². The van der Waals surface area contributed by atoms with Crippen molar-refractivity contribution in [3.8, 4) is 5.75 Å². The van der Waals surface area contributed by atoms with Gasteiger partial charge in [-0.3, -0.25) is 9.47 Å². The summed E-state index contributed by atoms with van der Waals surface area (Å²) in [5, 5.41) is 9.15. The van der Waals surface area contributed by atoms with Crippen LogP contribution in [0.15, 0.2) is 18.2 Å². The van der Waals surface area contributed by atoms with Crippen LogP contribution in [0.2, 0.25) is 0 Å². The van der Waals surface area contributed by atoms with Crippen LogP contribution in [0.5, 0.6) is 5.75 Å². The molecule has 0 saturated carbocycles. The average Bonchev–Trinajstić information content (AvgIpc) is 3.44. The van der Waals surface area contributed by atoms with Gasteiger partial charge in [-0.25, -0.2) is 0 Å². The first-order valence-corrected chi connectivity index (χ1v) is 11.8. The van der Waals surface area contributed by atoms with E-state index in [0.717, 1.165) is 76.3 Å². The summed E-state index contributed by atoms with van der Waals surface area (Å²) in [6, 6.07) is 6.63. The molecule has 2 aliphatic heterocycles. The van der Waals surface area contributed by atoms with Crippen LogP contribution in [0.1, 0.15) is 36.7 Å². The van der Waals surface area contributed by atoms with Crippen LogP contribution in [-0.2, 0) is 22.6 Å². The van der Waals surface area contributed by atoms with Crippen molar-refractivity contribution >= 4 is 5.95 Å². The van der Waals surface area contributed by atoms with Crippen LogP contribution in [-0.4, -0.2) is 78.3 Å². The fraction of sp³-hybridized carbons (Fsp3) is 0.667. The molecule has 2 aliphatic rings. The van der Waals surface area contributed by atoms with Crippen molar-refractivity contribution in [2.45, 2.75) is 58.9 Å². The second kappa shape index (κ2) is 10.6. The van der Waals surface area contributed by atoms with Gasteiger partial charge in [0.15, 0.2) is 5.82 Å². The molecule has 176 valence electrons. The first-order valence-electron chi connectivity index (χ1n) is 11.8. The molecule has 0 bridgehead atoms. The highest BCUT2D eigenvalue weighted by atomic mass is 16.5. The Morgan fingerprint density at radius 3 is 2.75 bits per heavy atom. The highest BCUT2D eigenvalue weighted by molar-refractivity contribution is 5.35. The van der Waals surface area contributed by atoms with E-state index in [4.69, 9.17) is 14.2 Å². The number of methoxy groups -OCH3 is 1. The Morgan fingerprint density at radius 2 is 2.03 bits per heavy atom. The lowest BCUT2D eigenvalue weighted by molar-refractivity contribution is 0.0948. The van der Waals surface area contributed by atoms with E-state index in [1.165, 1.54) is 11.1 Å². The van der Waals surface area contributed by atoms with Gasteiger partial charge in [0, 0.05) is 45.9 Å². The van der Waals surface area contributed by atoms with Crippen molar-refractivity contribution in [2.24, 2.45) is 0 Å². The highest BCUT2D eigenvalue weighted by Crippen LogP contribution is 2.24. The Bertz CT molecular complexity index is 881. The van der Waals surface area contributed by atoms with Crippen molar-refractivity contribution in [3.63, 3.8) is 0 Å². The second-order valence-corrected chi connectivity index (χ2v) is 9.02. The van der Waals surface area contributed by atoms with Crippen LogP contribution < -0.4 is 9.64 Å². The molecule has 2 atom stereocenters. The third-order valence-electron chi connectivity index (χ3n) is 6.69. The highest BCUT2D eigenvalue weighted by Gasteiger charge is 2.29. The van der Waals surface area contributed by atoms with Crippen molar-refractivity contribution in [2.75, 3.05) is 51.4 Å². The van der Waals surface area contributed by atoms with Gasteiger partial charge in [-0.1, -0.05) is 6.07 Å². The van der Waals surface area contributed by atoms with Gasteiger partial charge < -0.3 is 19.1 Å². The van der Waals surface area contributed by atoms with Crippen molar-refractivity contribution in [1.82, 2.24) is 19.7 Å². The van der Waals surface area contributed by atoms with Crippen LogP contribution >= 0.6 is 0 Å². The van der Waals surface area contributed by atoms with Gasteiger partial charge >= 0.3 is 0 Å². The topological polar surface area (TPSA) is 64.9 Å². The number of hydrogen-bond donors (Lipinski definition) is 0. The normalized spacial score (nSPS) is 21.9. The van der Waals surface area contributed by atoms with Gasteiger partial charge in [-0.2, -0.15) is 0 Å². The number of nitrogens with zero attached hydrogens (tertiary/aromatic N) is 5. The first kappa shape index (κ1) is 23.0. The Balaban J connectivity index is 1.49. The number of ether oxygens (including phenoxy) is 3. The number of benzene rings is 1. The summed E-state index contributed by atoms with van der Waals surface area (Å²) in [6.07, 6.45) is 2.41. The zero-order valence-corrected chi connectivity index (χ0v) is 19.9. The molecule has 0 amide bonds. The summed E-state index contributed by atoms with van der Waals surface area (Å²) < 4.78 is 19.5. The predicted molar refractivity (Wildman–Crippen MR) is 124 cm³/mol. The number of anilines is 1. The third-order valence-corrected chi connectivity index (χ3v) is 6.69. The monoisotopic (exact) mass is 443 g/mol. The van der Waals surface area contributed by atoms with Gasteiger partial charge in [-0.05, 0) is 56.9 Å². The maximum Gasteiger partial charge on any atom is 0.227 e. The number of aryl methyl sites for hydroxylation is 2. The fourth-order valence-corrected chi connectivity index (χ4v) is 4.51. The molecule has 1 aromatic carbocycles. The lowest BCUT2D eigenvalue weighted by Crippen LogP contribution is -2.53. The Kier molecular flexibility index (Phi) is 7.65. The lowest BCUT2D eigenvalue weighted by atomic mass is 10.1. The van der Waals surface area contributed by atoms with Crippen molar-refractivity contribution in [3.05, 3.63) is 35.2 Å². The Labute approximate surface area is 191 Å². The molecular formula is C24H37N5O3. The Hall–Kier alpha value is -2.16. The van der Waals surface area contributed by atoms with E-state index in [1.54, 1.807) is 7.11 Å². The van der Waals surface area contributed by atoms with Crippen LogP contribution in [0.25, 0.3) is 0 Å². The minimum absolute atomic E-state index is 0.213. The molecule has 0 unspecified atom stereocenters. The standard InChI is InChI=1S/C24H37N5O3/c1-18-7-8-21(14-19(18)2)32-17-23-25-26-24(29(23)16-22-6-5-12-31-22)28-10-9-27(11-13-30-4)20(3)15-28/h7-8,14,20,22H,5-6,9-13,15-17H2,1-4H3/t20-,22+/m0/s1.